The first-order valence-electron chi connectivity index (χ1n) is 5.26. The SMILES string of the molecule is CC(NC(=O)Nc1ccc2c(c1)OCO2)C(=O)O. The van der Waals surface area contributed by atoms with Crippen molar-refractivity contribution in [1.82, 2.24) is 5.32 Å². The second kappa shape index (κ2) is 4.82. The van der Waals surface area contributed by atoms with Gasteiger partial charge >= 0.3 is 12.0 Å². The second-order valence-corrected chi connectivity index (χ2v) is 3.73. The van der Waals surface area contributed by atoms with Crippen LogP contribution >= 0.6 is 0 Å². The lowest BCUT2D eigenvalue weighted by Gasteiger charge is -2.10. The van der Waals surface area contributed by atoms with Gasteiger partial charge in [-0.05, 0) is 19.1 Å². The molecule has 7 nitrogen and oxygen atoms in total. The second-order valence-electron chi connectivity index (χ2n) is 3.73. The van der Waals surface area contributed by atoms with E-state index in [0.717, 1.165) is 0 Å². The van der Waals surface area contributed by atoms with Crippen molar-refractivity contribution in [2.24, 2.45) is 0 Å². The minimum absolute atomic E-state index is 0.154. The van der Waals surface area contributed by atoms with Gasteiger partial charge in [0.15, 0.2) is 11.5 Å². The fourth-order valence-electron chi connectivity index (χ4n) is 1.40. The molecule has 0 spiro atoms. The molecule has 1 aromatic rings. The Bertz CT molecular complexity index is 488. The lowest BCUT2D eigenvalue weighted by molar-refractivity contribution is -0.138. The first kappa shape index (κ1) is 12.0. The molecule has 7 heteroatoms. The minimum atomic E-state index is -1.10. The Kier molecular flexibility index (Phi) is 3.22. The number of aliphatic carboxylic acids is 1. The molecule has 1 unspecified atom stereocenters. The van der Waals surface area contributed by atoms with Gasteiger partial charge in [0.1, 0.15) is 6.04 Å². The third-order valence-corrected chi connectivity index (χ3v) is 2.35. The fraction of sp³-hybridized carbons (Fsp3) is 0.273. The molecular weight excluding hydrogens is 240 g/mol. The van der Waals surface area contributed by atoms with Crippen LogP contribution in [0, 0.1) is 0 Å². The number of carbonyl (C=O) groups is 2. The normalized spacial score (nSPS) is 13.8. The zero-order valence-electron chi connectivity index (χ0n) is 9.60. The molecule has 0 bridgehead atoms. The summed E-state index contributed by atoms with van der Waals surface area (Å²) >= 11 is 0. The average Bonchev–Trinajstić information content (AvgIpc) is 2.75. The maximum atomic E-state index is 11.5. The van der Waals surface area contributed by atoms with Crippen LogP contribution in [0.25, 0.3) is 0 Å². The van der Waals surface area contributed by atoms with Crippen LogP contribution in [0.2, 0.25) is 0 Å². The highest BCUT2D eigenvalue weighted by Gasteiger charge is 2.16. The third kappa shape index (κ3) is 2.62. The number of benzene rings is 1. The van der Waals surface area contributed by atoms with Gasteiger partial charge in [-0.25, -0.2) is 4.79 Å². The Labute approximate surface area is 103 Å². The van der Waals surface area contributed by atoms with E-state index in [0.29, 0.717) is 17.2 Å². The number of carboxylic acids is 1. The molecule has 0 fully saturated rings. The van der Waals surface area contributed by atoms with Crippen LogP contribution in [0.15, 0.2) is 18.2 Å². The van der Waals surface area contributed by atoms with E-state index in [4.69, 9.17) is 14.6 Å². The summed E-state index contributed by atoms with van der Waals surface area (Å²) in [4.78, 5) is 22.0. The highest BCUT2D eigenvalue weighted by molar-refractivity contribution is 5.92. The molecule has 0 radical (unpaired) electrons. The molecule has 3 N–H and O–H groups in total. The van der Waals surface area contributed by atoms with E-state index in [1.54, 1.807) is 18.2 Å². The van der Waals surface area contributed by atoms with Crippen LogP contribution < -0.4 is 20.1 Å². The average molecular weight is 252 g/mol. The van der Waals surface area contributed by atoms with Gasteiger partial charge < -0.3 is 25.2 Å². The number of nitrogens with one attached hydrogen (secondary N) is 2. The molecule has 1 aromatic carbocycles. The predicted octanol–water partition coefficient (Wildman–Crippen LogP) is 1.01. The van der Waals surface area contributed by atoms with E-state index in [9.17, 15) is 9.59 Å². The Morgan fingerprint density at radius 1 is 1.33 bits per heavy atom. The number of amides is 2. The number of carbonyl (C=O) groups excluding carboxylic acids is 1. The molecule has 0 aromatic heterocycles. The van der Waals surface area contributed by atoms with Crippen LogP contribution in [-0.2, 0) is 4.79 Å². The summed E-state index contributed by atoms with van der Waals surface area (Å²) in [6.45, 7) is 1.53. The smallest absolute Gasteiger partial charge is 0.325 e. The topological polar surface area (TPSA) is 96.9 Å². The Morgan fingerprint density at radius 2 is 2.06 bits per heavy atom. The lowest BCUT2D eigenvalue weighted by Crippen LogP contribution is -2.40. The summed E-state index contributed by atoms with van der Waals surface area (Å²) in [6, 6.07) is 3.35. The Balaban J connectivity index is 1.97. The summed E-state index contributed by atoms with van der Waals surface area (Å²) in [7, 11) is 0. The Morgan fingerprint density at radius 3 is 2.78 bits per heavy atom. The Hall–Kier alpha value is -2.44. The minimum Gasteiger partial charge on any atom is -0.480 e. The monoisotopic (exact) mass is 252 g/mol. The fourth-order valence-corrected chi connectivity index (χ4v) is 1.40. The van der Waals surface area contributed by atoms with Crippen LogP contribution in [0.1, 0.15) is 6.92 Å². The summed E-state index contributed by atoms with van der Waals surface area (Å²) in [5.41, 5.74) is 0.495. The van der Waals surface area contributed by atoms with Crippen molar-refractivity contribution < 1.29 is 24.2 Å². The summed E-state index contributed by atoms with van der Waals surface area (Å²) in [5, 5.41) is 13.4. The molecule has 18 heavy (non-hydrogen) atoms. The lowest BCUT2D eigenvalue weighted by atomic mass is 10.3. The van der Waals surface area contributed by atoms with Gasteiger partial charge in [-0.2, -0.15) is 0 Å². The van der Waals surface area contributed by atoms with Crippen LogP contribution in [-0.4, -0.2) is 29.9 Å². The molecule has 2 rings (SSSR count). The van der Waals surface area contributed by atoms with Gasteiger partial charge in [0, 0.05) is 11.8 Å². The van der Waals surface area contributed by atoms with Crippen LogP contribution in [0.4, 0.5) is 10.5 Å². The first-order valence-corrected chi connectivity index (χ1v) is 5.26. The van der Waals surface area contributed by atoms with Crippen LogP contribution in [0.3, 0.4) is 0 Å². The standard InChI is InChI=1S/C11H12N2O5/c1-6(10(14)15)12-11(16)13-7-2-3-8-9(4-7)18-5-17-8/h2-4,6H,5H2,1H3,(H,14,15)(H2,12,13,16). The maximum absolute atomic E-state index is 11.5. The predicted molar refractivity (Wildman–Crippen MR) is 61.8 cm³/mol. The number of urea groups is 1. The van der Waals surface area contributed by atoms with Gasteiger partial charge in [-0.1, -0.05) is 0 Å². The van der Waals surface area contributed by atoms with E-state index < -0.39 is 18.0 Å². The highest BCUT2D eigenvalue weighted by Crippen LogP contribution is 2.34. The van der Waals surface area contributed by atoms with Gasteiger partial charge in [0.2, 0.25) is 6.79 Å². The van der Waals surface area contributed by atoms with Gasteiger partial charge in [-0.3, -0.25) is 4.79 Å². The van der Waals surface area contributed by atoms with E-state index in [2.05, 4.69) is 10.6 Å². The molecule has 96 valence electrons. The third-order valence-electron chi connectivity index (χ3n) is 2.35. The van der Waals surface area contributed by atoms with Crippen molar-refractivity contribution >= 4 is 17.7 Å². The molecule has 1 aliphatic heterocycles. The quantitative estimate of drug-likeness (QED) is 0.746. The highest BCUT2D eigenvalue weighted by atomic mass is 16.7. The van der Waals surface area contributed by atoms with Gasteiger partial charge in [0.05, 0.1) is 0 Å². The number of carboxylic acid groups (broad SMARTS) is 1. The molecule has 2 amide bonds. The van der Waals surface area contributed by atoms with Gasteiger partial charge in [-0.15, -0.1) is 0 Å². The summed E-state index contributed by atoms with van der Waals surface area (Å²) < 4.78 is 10.3. The number of hydrogen-bond donors (Lipinski definition) is 3. The largest absolute Gasteiger partial charge is 0.480 e. The maximum Gasteiger partial charge on any atom is 0.325 e. The van der Waals surface area contributed by atoms with E-state index in [1.165, 1.54) is 6.92 Å². The molecule has 0 saturated carbocycles. The number of anilines is 1. The number of ether oxygens (including phenoxy) is 2. The number of fused-ring (bicyclic) bond motifs is 1. The van der Waals surface area contributed by atoms with Crippen molar-refractivity contribution in [2.45, 2.75) is 13.0 Å². The van der Waals surface area contributed by atoms with Crippen molar-refractivity contribution in [1.29, 1.82) is 0 Å². The summed E-state index contributed by atoms with van der Waals surface area (Å²) in [6.07, 6.45) is 0. The van der Waals surface area contributed by atoms with Crippen LogP contribution in [0.5, 0.6) is 11.5 Å². The molecule has 0 aliphatic carbocycles. The van der Waals surface area contributed by atoms with Crippen molar-refractivity contribution in [2.75, 3.05) is 12.1 Å². The molecular formula is C11H12N2O5. The van der Waals surface area contributed by atoms with Crippen molar-refractivity contribution in [3.05, 3.63) is 18.2 Å². The number of hydrogen-bond acceptors (Lipinski definition) is 4. The van der Waals surface area contributed by atoms with E-state index in [1.807, 2.05) is 0 Å². The zero-order valence-corrected chi connectivity index (χ0v) is 9.60. The van der Waals surface area contributed by atoms with E-state index in [-0.39, 0.29) is 6.79 Å². The molecule has 1 heterocycles. The first-order chi connectivity index (χ1) is 8.56. The zero-order chi connectivity index (χ0) is 13.1. The molecule has 1 aliphatic rings. The molecule has 0 saturated heterocycles. The summed E-state index contributed by atoms with van der Waals surface area (Å²) in [5.74, 6) is 0.0507. The van der Waals surface area contributed by atoms with Crippen molar-refractivity contribution in [3.63, 3.8) is 0 Å². The van der Waals surface area contributed by atoms with E-state index >= 15 is 0 Å². The van der Waals surface area contributed by atoms with Crippen molar-refractivity contribution in [3.8, 4) is 11.5 Å². The number of rotatable bonds is 3. The van der Waals surface area contributed by atoms with Gasteiger partial charge in [0.25, 0.3) is 0 Å². The molecule has 1 atom stereocenters.